The Morgan fingerprint density at radius 2 is 1.38 bits per heavy atom. The molecule has 0 atom stereocenters. The zero-order valence-corrected chi connectivity index (χ0v) is 18.2. The maximum atomic E-state index is 9.79. The van der Waals surface area contributed by atoms with Gasteiger partial charge in [0.2, 0.25) is 0 Å². The lowest BCUT2D eigenvalue weighted by Crippen LogP contribution is -2.23. The summed E-state index contributed by atoms with van der Waals surface area (Å²) < 4.78 is 5.79. The highest BCUT2D eigenvalue weighted by atomic mass is 16.5. The van der Waals surface area contributed by atoms with E-state index in [2.05, 4.69) is 17.4 Å². The van der Waals surface area contributed by atoms with Crippen LogP contribution in [0.4, 0.5) is 0 Å². The number of aliphatic hydroxyl groups is 2. The van der Waals surface area contributed by atoms with Crippen LogP contribution in [0.1, 0.15) is 29.5 Å². The fourth-order valence-electron chi connectivity index (χ4n) is 3.62. The normalized spacial score (nSPS) is 11.8. The number of benzene rings is 3. The van der Waals surface area contributed by atoms with E-state index < -0.39 is 0 Å². The molecule has 0 aliphatic heterocycles. The molecular weight excluding hydrogens is 402 g/mol. The van der Waals surface area contributed by atoms with Gasteiger partial charge in [-0.1, -0.05) is 54.6 Å². The predicted molar refractivity (Wildman–Crippen MR) is 129 cm³/mol. The minimum absolute atomic E-state index is 0.112. The molecule has 3 rings (SSSR count). The molecule has 0 fully saturated rings. The summed E-state index contributed by atoms with van der Waals surface area (Å²) in [6.45, 7) is 1.97. The Balaban J connectivity index is 1.97. The van der Waals surface area contributed by atoms with E-state index in [4.69, 9.17) is 9.84 Å². The second-order valence-electron chi connectivity index (χ2n) is 7.44. The van der Waals surface area contributed by atoms with Crippen LogP contribution in [0, 0.1) is 0 Å². The zero-order chi connectivity index (χ0) is 22.6. The first kappa shape index (κ1) is 23.5. The highest BCUT2D eigenvalue weighted by Crippen LogP contribution is 2.36. The minimum atomic E-state index is 0.112. The third-order valence-electron chi connectivity index (χ3n) is 5.14. The molecule has 4 N–H and O–H groups in total. The lowest BCUT2D eigenvalue weighted by molar-refractivity contribution is 0.276. The number of aliphatic hydroxyl groups excluding tert-OH is 2. The van der Waals surface area contributed by atoms with Gasteiger partial charge in [0.1, 0.15) is 18.1 Å². The van der Waals surface area contributed by atoms with Crippen molar-refractivity contribution in [2.45, 2.75) is 12.8 Å². The number of phenols is 1. The number of hydrogen-bond donors (Lipinski definition) is 4. The Morgan fingerprint density at radius 3 is 2.00 bits per heavy atom. The average molecular weight is 434 g/mol. The number of phenolic OH excluding ortho intramolecular Hbond substituents is 1. The summed E-state index contributed by atoms with van der Waals surface area (Å²) >= 11 is 0. The summed E-state index contributed by atoms with van der Waals surface area (Å²) in [5.41, 5.74) is 5.37. The van der Waals surface area contributed by atoms with E-state index in [0.29, 0.717) is 26.1 Å². The molecule has 32 heavy (non-hydrogen) atoms. The van der Waals surface area contributed by atoms with Gasteiger partial charge in [-0.2, -0.15) is 0 Å². The van der Waals surface area contributed by atoms with Crippen molar-refractivity contribution in [3.63, 3.8) is 0 Å². The minimum Gasteiger partial charge on any atom is -0.508 e. The Hall–Kier alpha value is -3.12. The van der Waals surface area contributed by atoms with Crippen molar-refractivity contribution < 1.29 is 20.1 Å². The van der Waals surface area contributed by atoms with E-state index in [1.54, 1.807) is 12.1 Å². The van der Waals surface area contributed by atoms with E-state index in [-0.39, 0.29) is 19.0 Å². The Kier molecular flexibility index (Phi) is 9.32. The smallest absolute Gasteiger partial charge is 0.119 e. The molecule has 3 aromatic rings. The molecule has 0 saturated carbocycles. The fourth-order valence-corrected chi connectivity index (χ4v) is 3.62. The van der Waals surface area contributed by atoms with E-state index >= 15 is 0 Å². The van der Waals surface area contributed by atoms with Gasteiger partial charge in [0.25, 0.3) is 0 Å². The Bertz CT molecular complexity index is 967. The van der Waals surface area contributed by atoms with Gasteiger partial charge in [-0.05, 0) is 64.9 Å². The topological polar surface area (TPSA) is 82.0 Å². The quantitative estimate of drug-likeness (QED) is 0.256. The zero-order valence-electron chi connectivity index (χ0n) is 18.2. The number of hydrogen-bond acceptors (Lipinski definition) is 5. The maximum absolute atomic E-state index is 9.79. The van der Waals surface area contributed by atoms with Crippen LogP contribution in [0.2, 0.25) is 0 Å². The number of ether oxygens (including phenoxy) is 1. The highest BCUT2D eigenvalue weighted by Gasteiger charge is 2.14. The van der Waals surface area contributed by atoms with E-state index in [1.807, 2.05) is 54.6 Å². The number of aromatic hydroxyl groups is 1. The first-order chi connectivity index (χ1) is 15.7. The van der Waals surface area contributed by atoms with Crippen molar-refractivity contribution in [1.82, 2.24) is 5.32 Å². The molecule has 0 aliphatic rings. The summed E-state index contributed by atoms with van der Waals surface area (Å²) in [7, 11) is 0. The fraction of sp³-hybridized carbons (Fsp3) is 0.259. The molecule has 0 unspecified atom stereocenters. The lowest BCUT2D eigenvalue weighted by Gasteiger charge is -2.18. The number of nitrogens with one attached hydrogen (secondary N) is 1. The van der Waals surface area contributed by atoms with Gasteiger partial charge in [0, 0.05) is 19.7 Å². The highest BCUT2D eigenvalue weighted by molar-refractivity contribution is 5.98. The molecule has 168 valence electrons. The monoisotopic (exact) mass is 433 g/mol. The molecule has 0 heterocycles. The molecule has 0 aromatic heterocycles. The molecule has 0 spiro atoms. The number of allylic oxidation sites excluding steroid dienone is 1. The molecule has 0 bridgehead atoms. The van der Waals surface area contributed by atoms with E-state index in [1.165, 1.54) is 0 Å². The molecule has 3 aromatic carbocycles. The molecular formula is C27H31NO4. The van der Waals surface area contributed by atoms with Crippen LogP contribution in [0.5, 0.6) is 11.5 Å². The van der Waals surface area contributed by atoms with Crippen molar-refractivity contribution in [3.05, 3.63) is 95.6 Å². The second kappa shape index (κ2) is 12.7. The van der Waals surface area contributed by atoms with Gasteiger partial charge < -0.3 is 25.4 Å². The van der Waals surface area contributed by atoms with Gasteiger partial charge in [0.05, 0.1) is 6.61 Å². The first-order valence-corrected chi connectivity index (χ1v) is 11.0. The molecule has 0 amide bonds. The lowest BCUT2D eigenvalue weighted by atomic mass is 9.87. The summed E-state index contributed by atoms with van der Waals surface area (Å²) in [5.74, 6) is 1.00. The predicted octanol–water partition coefficient (Wildman–Crippen LogP) is 4.08. The van der Waals surface area contributed by atoms with Crippen molar-refractivity contribution in [2.24, 2.45) is 0 Å². The molecule has 5 nitrogen and oxygen atoms in total. The average Bonchev–Trinajstić information content (AvgIpc) is 2.84. The standard InChI is InChI=1S/C27H31NO4/c29-18-4-7-26(21-5-2-1-3-6-21)27(22-8-12-24(31)13-9-22)23-10-14-25(15-11-23)32-20-17-28-16-19-30/h1-3,5-6,8-15,28-31H,4,7,16-20H2/b27-26-. The second-order valence-corrected chi connectivity index (χ2v) is 7.44. The summed E-state index contributed by atoms with van der Waals surface area (Å²) in [6.07, 6.45) is 1.39. The van der Waals surface area contributed by atoms with E-state index in [0.717, 1.165) is 40.0 Å². The van der Waals surface area contributed by atoms with E-state index in [9.17, 15) is 10.2 Å². The van der Waals surface area contributed by atoms with Gasteiger partial charge in [-0.3, -0.25) is 0 Å². The van der Waals surface area contributed by atoms with Crippen molar-refractivity contribution in [3.8, 4) is 11.5 Å². The third-order valence-corrected chi connectivity index (χ3v) is 5.14. The van der Waals surface area contributed by atoms with Gasteiger partial charge in [-0.25, -0.2) is 0 Å². The molecule has 0 radical (unpaired) electrons. The van der Waals surface area contributed by atoms with Gasteiger partial charge >= 0.3 is 0 Å². The summed E-state index contributed by atoms with van der Waals surface area (Å²) in [6, 6.07) is 25.4. The van der Waals surface area contributed by atoms with Crippen LogP contribution >= 0.6 is 0 Å². The van der Waals surface area contributed by atoms with Crippen molar-refractivity contribution >= 4 is 11.1 Å². The van der Waals surface area contributed by atoms with Crippen LogP contribution in [0.25, 0.3) is 11.1 Å². The molecule has 0 saturated heterocycles. The Labute approximate surface area is 189 Å². The molecule has 0 aliphatic carbocycles. The van der Waals surface area contributed by atoms with Crippen LogP contribution in [-0.4, -0.2) is 48.2 Å². The molecule has 5 heteroatoms. The van der Waals surface area contributed by atoms with Crippen molar-refractivity contribution in [1.29, 1.82) is 0 Å². The first-order valence-electron chi connectivity index (χ1n) is 11.0. The largest absolute Gasteiger partial charge is 0.508 e. The van der Waals surface area contributed by atoms with Gasteiger partial charge in [-0.15, -0.1) is 0 Å². The SMILES string of the molecule is OCCC/C(=C(\c1ccc(O)cc1)c1ccc(OCCNCCO)cc1)c1ccccc1. The van der Waals surface area contributed by atoms with Crippen LogP contribution in [0.3, 0.4) is 0 Å². The Morgan fingerprint density at radius 1 is 0.719 bits per heavy atom. The summed E-state index contributed by atoms with van der Waals surface area (Å²) in [4.78, 5) is 0. The van der Waals surface area contributed by atoms with Gasteiger partial charge in [0.15, 0.2) is 0 Å². The maximum Gasteiger partial charge on any atom is 0.119 e. The van der Waals surface area contributed by atoms with Crippen molar-refractivity contribution in [2.75, 3.05) is 32.9 Å². The third kappa shape index (κ3) is 6.69. The van der Waals surface area contributed by atoms with Crippen LogP contribution in [-0.2, 0) is 0 Å². The van der Waals surface area contributed by atoms with Crippen LogP contribution < -0.4 is 10.1 Å². The summed E-state index contributed by atoms with van der Waals surface area (Å²) in [5, 5.41) is 31.2. The van der Waals surface area contributed by atoms with Crippen LogP contribution in [0.15, 0.2) is 78.9 Å². The number of rotatable bonds is 12.